The first kappa shape index (κ1) is 19.6. The van der Waals surface area contributed by atoms with Crippen molar-refractivity contribution in [1.82, 2.24) is 9.80 Å². The first-order valence-corrected chi connectivity index (χ1v) is 10.7. The van der Waals surface area contributed by atoms with Crippen molar-refractivity contribution in [2.24, 2.45) is 0 Å². The standard InChI is InChI=1S/C18H23FN4O3S/c1-21(14-5-10-27(25,26)13-14)12-18(24)23-8-6-22(7-9-23)17-4-2-3-16(19)15(17)11-20/h2-4,14H,5-10,12-13H2,1H3. The third kappa shape index (κ3) is 4.39. The zero-order valence-corrected chi connectivity index (χ0v) is 16.1. The molecule has 1 atom stereocenters. The van der Waals surface area contributed by atoms with Gasteiger partial charge in [0.25, 0.3) is 0 Å². The van der Waals surface area contributed by atoms with Crippen molar-refractivity contribution in [3.8, 4) is 6.07 Å². The Balaban J connectivity index is 1.56. The van der Waals surface area contributed by atoms with Gasteiger partial charge >= 0.3 is 0 Å². The van der Waals surface area contributed by atoms with E-state index in [-0.39, 0.29) is 35.6 Å². The molecule has 2 fully saturated rings. The van der Waals surface area contributed by atoms with Crippen LogP contribution in [0.4, 0.5) is 10.1 Å². The van der Waals surface area contributed by atoms with Gasteiger partial charge in [-0.2, -0.15) is 5.26 Å². The number of halogens is 1. The lowest BCUT2D eigenvalue weighted by Crippen LogP contribution is -2.52. The zero-order chi connectivity index (χ0) is 19.6. The highest BCUT2D eigenvalue weighted by Crippen LogP contribution is 2.24. The highest BCUT2D eigenvalue weighted by molar-refractivity contribution is 7.91. The molecule has 2 aliphatic rings. The molecule has 0 spiro atoms. The van der Waals surface area contributed by atoms with Crippen LogP contribution >= 0.6 is 0 Å². The molecule has 1 aromatic carbocycles. The number of nitrogens with zero attached hydrogens (tertiary/aromatic N) is 4. The summed E-state index contributed by atoms with van der Waals surface area (Å²) in [4.78, 5) is 18.0. The molecule has 0 N–H and O–H groups in total. The Hall–Kier alpha value is -2.18. The van der Waals surface area contributed by atoms with Crippen LogP contribution in [0.2, 0.25) is 0 Å². The molecule has 0 bridgehead atoms. The monoisotopic (exact) mass is 394 g/mol. The number of piperazine rings is 1. The molecule has 2 aliphatic heterocycles. The Morgan fingerprint density at radius 3 is 2.63 bits per heavy atom. The Bertz CT molecular complexity index is 860. The molecular formula is C18H23FN4O3S. The number of likely N-dealkylation sites (N-methyl/N-ethyl adjacent to an activating group) is 1. The zero-order valence-electron chi connectivity index (χ0n) is 15.3. The summed E-state index contributed by atoms with van der Waals surface area (Å²) in [7, 11) is -1.20. The second-order valence-electron chi connectivity index (χ2n) is 7.09. The molecule has 1 aromatic rings. The maximum absolute atomic E-state index is 13.8. The fourth-order valence-corrected chi connectivity index (χ4v) is 5.45. The van der Waals surface area contributed by atoms with Crippen molar-refractivity contribution >= 4 is 21.4 Å². The largest absolute Gasteiger partial charge is 0.367 e. The van der Waals surface area contributed by atoms with Crippen LogP contribution in [0, 0.1) is 17.1 Å². The number of anilines is 1. The van der Waals surface area contributed by atoms with Gasteiger partial charge in [0.05, 0.1) is 23.7 Å². The molecule has 7 nitrogen and oxygen atoms in total. The predicted molar refractivity (Wildman–Crippen MR) is 99.6 cm³/mol. The molecule has 1 amide bonds. The molecule has 0 aromatic heterocycles. The van der Waals surface area contributed by atoms with E-state index in [9.17, 15) is 22.9 Å². The number of carbonyl (C=O) groups is 1. The van der Waals surface area contributed by atoms with Gasteiger partial charge in [-0.05, 0) is 25.6 Å². The molecule has 2 heterocycles. The van der Waals surface area contributed by atoms with Crippen molar-refractivity contribution in [3.05, 3.63) is 29.6 Å². The van der Waals surface area contributed by atoms with E-state index in [0.29, 0.717) is 38.3 Å². The van der Waals surface area contributed by atoms with Crippen molar-refractivity contribution < 1.29 is 17.6 Å². The minimum absolute atomic E-state index is 0.0273. The SMILES string of the molecule is CN(CC(=O)N1CCN(c2cccc(F)c2C#N)CC1)C1CCS(=O)(=O)C1. The second kappa shape index (κ2) is 7.82. The van der Waals surface area contributed by atoms with Gasteiger partial charge < -0.3 is 9.80 Å². The third-order valence-corrected chi connectivity index (χ3v) is 7.04. The lowest BCUT2D eigenvalue weighted by atomic mass is 10.1. The normalized spacial score (nSPS) is 22.1. The fourth-order valence-electron chi connectivity index (χ4n) is 3.65. The van der Waals surface area contributed by atoms with Crippen LogP contribution in [0.3, 0.4) is 0 Å². The summed E-state index contributed by atoms with van der Waals surface area (Å²) >= 11 is 0. The number of hydrogen-bond donors (Lipinski definition) is 0. The average Bonchev–Trinajstić information content (AvgIpc) is 3.01. The number of sulfone groups is 1. The van der Waals surface area contributed by atoms with Crippen molar-refractivity contribution in [2.75, 3.05) is 56.2 Å². The van der Waals surface area contributed by atoms with Gasteiger partial charge in [-0.3, -0.25) is 9.69 Å². The molecule has 0 aliphatic carbocycles. The van der Waals surface area contributed by atoms with Gasteiger partial charge in [-0.15, -0.1) is 0 Å². The van der Waals surface area contributed by atoms with E-state index in [1.54, 1.807) is 24.1 Å². The number of hydrogen-bond acceptors (Lipinski definition) is 6. The first-order chi connectivity index (χ1) is 12.8. The van der Waals surface area contributed by atoms with E-state index >= 15 is 0 Å². The number of benzene rings is 1. The van der Waals surface area contributed by atoms with E-state index in [1.165, 1.54) is 6.07 Å². The summed E-state index contributed by atoms with van der Waals surface area (Å²) < 4.78 is 37.0. The number of carbonyl (C=O) groups excluding carboxylic acids is 1. The van der Waals surface area contributed by atoms with E-state index in [2.05, 4.69) is 0 Å². The molecule has 9 heteroatoms. The van der Waals surface area contributed by atoms with E-state index in [1.807, 2.05) is 15.9 Å². The average molecular weight is 394 g/mol. The van der Waals surface area contributed by atoms with Gasteiger partial charge in [0.1, 0.15) is 17.4 Å². The molecule has 2 saturated heterocycles. The molecule has 27 heavy (non-hydrogen) atoms. The summed E-state index contributed by atoms with van der Waals surface area (Å²) in [6.07, 6.45) is 0.566. The minimum Gasteiger partial charge on any atom is -0.367 e. The van der Waals surface area contributed by atoms with Crippen molar-refractivity contribution in [2.45, 2.75) is 12.5 Å². The Morgan fingerprint density at radius 2 is 2.04 bits per heavy atom. The molecular weight excluding hydrogens is 371 g/mol. The van der Waals surface area contributed by atoms with E-state index in [4.69, 9.17) is 0 Å². The second-order valence-corrected chi connectivity index (χ2v) is 9.31. The summed E-state index contributed by atoms with van der Waals surface area (Å²) in [5.41, 5.74) is 0.581. The van der Waals surface area contributed by atoms with Crippen LogP contribution in [-0.4, -0.2) is 81.4 Å². The highest BCUT2D eigenvalue weighted by atomic mass is 32.2. The molecule has 3 rings (SSSR count). The van der Waals surface area contributed by atoms with Crippen molar-refractivity contribution in [1.29, 1.82) is 5.26 Å². The number of nitriles is 1. The van der Waals surface area contributed by atoms with E-state index < -0.39 is 15.7 Å². The predicted octanol–water partition coefficient (Wildman–Crippen LogP) is 0.465. The molecule has 0 saturated carbocycles. The Kier molecular flexibility index (Phi) is 5.67. The van der Waals surface area contributed by atoms with Crippen molar-refractivity contribution in [3.63, 3.8) is 0 Å². The smallest absolute Gasteiger partial charge is 0.236 e. The van der Waals surface area contributed by atoms with Gasteiger partial charge in [-0.25, -0.2) is 12.8 Å². The summed E-state index contributed by atoms with van der Waals surface area (Å²) in [5.74, 6) is -0.284. The molecule has 1 unspecified atom stereocenters. The van der Waals surface area contributed by atoms with Crippen LogP contribution in [0.25, 0.3) is 0 Å². The lowest BCUT2D eigenvalue weighted by molar-refractivity contribution is -0.132. The van der Waals surface area contributed by atoms with Crippen LogP contribution < -0.4 is 4.90 Å². The quantitative estimate of drug-likeness (QED) is 0.738. The Labute approximate surface area is 158 Å². The van der Waals surface area contributed by atoms with Crippen LogP contribution in [0.5, 0.6) is 0 Å². The molecule has 0 radical (unpaired) electrons. The minimum atomic E-state index is -2.98. The number of amides is 1. The maximum atomic E-state index is 13.8. The highest BCUT2D eigenvalue weighted by Gasteiger charge is 2.32. The summed E-state index contributed by atoms with van der Waals surface area (Å²) in [6, 6.07) is 6.36. The first-order valence-electron chi connectivity index (χ1n) is 8.93. The van der Waals surface area contributed by atoms with Crippen LogP contribution in [-0.2, 0) is 14.6 Å². The van der Waals surface area contributed by atoms with Gasteiger partial charge in [0.15, 0.2) is 9.84 Å². The summed E-state index contributed by atoms with van der Waals surface area (Å²) in [5, 5.41) is 9.18. The number of rotatable bonds is 4. The van der Waals surface area contributed by atoms with E-state index in [0.717, 1.165) is 0 Å². The van der Waals surface area contributed by atoms with Gasteiger partial charge in [-0.1, -0.05) is 6.07 Å². The maximum Gasteiger partial charge on any atom is 0.236 e. The Morgan fingerprint density at radius 1 is 1.33 bits per heavy atom. The van der Waals surface area contributed by atoms with Crippen LogP contribution in [0.1, 0.15) is 12.0 Å². The lowest BCUT2D eigenvalue weighted by Gasteiger charge is -2.37. The topological polar surface area (TPSA) is 84.7 Å². The third-order valence-electron chi connectivity index (χ3n) is 5.29. The van der Waals surface area contributed by atoms with Gasteiger partial charge in [0, 0.05) is 32.2 Å². The van der Waals surface area contributed by atoms with Crippen LogP contribution in [0.15, 0.2) is 18.2 Å². The fraction of sp³-hybridized carbons (Fsp3) is 0.556. The van der Waals surface area contributed by atoms with Gasteiger partial charge in [0.2, 0.25) is 5.91 Å². The summed E-state index contributed by atoms with van der Waals surface area (Å²) in [6.45, 7) is 2.19. The molecule has 146 valence electrons.